The van der Waals surface area contributed by atoms with Crippen LogP contribution in [-0.2, 0) is 35.2 Å². The lowest BCUT2D eigenvalue weighted by molar-refractivity contribution is 0.0479. The molecular weight excluding hydrogens is 424 g/mol. The summed E-state index contributed by atoms with van der Waals surface area (Å²) in [5.41, 5.74) is 5.51. The van der Waals surface area contributed by atoms with Gasteiger partial charge in [-0.2, -0.15) is 0 Å². The Balaban J connectivity index is 1.70. The van der Waals surface area contributed by atoms with Crippen LogP contribution in [-0.4, -0.2) is 25.2 Å². The number of hydrogen-bond acceptors (Lipinski definition) is 4. The maximum Gasteiger partial charge on any atom is 0.339 e. The quantitative estimate of drug-likeness (QED) is 0.345. The Morgan fingerprint density at radius 2 is 0.941 bits per heavy atom. The summed E-state index contributed by atoms with van der Waals surface area (Å²) in [4.78, 5) is 25.6. The SMILES string of the molecule is CCOC(=O)c1cc2c3ccc(c2cc1C(=O)OCC)CCc1ccc(c2ccccc12)CC3. The minimum absolute atomic E-state index is 0.245. The Morgan fingerprint density at radius 1 is 0.588 bits per heavy atom. The minimum atomic E-state index is -0.495. The second-order valence-corrected chi connectivity index (χ2v) is 8.70. The molecule has 0 amide bonds. The fourth-order valence-corrected chi connectivity index (χ4v) is 5.10. The fourth-order valence-electron chi connectivity index (χ4n) is 5.10. The summed E-state index contributed by atoms with van der Waals surface area (Å²) in [6.45, 7) is 4.02. The molecule has 0 N–H and O–H groups in total. The van der Waals surface area contributed by atoms with Gasteiger partial charge in [-0.05, 0) is 95.5 Å². The molecule has 0 saturated heterocycles. The van der Waals surface area contributed by atoms with Crippen molar-refractivity contribution in [3.05, 3.63) is 94.0 Å². The van der Waals surface area contributed by atoms with Crippen LogP contribution in [0.1, 0.15) is 56.8 Å². The first-order valence-electron chi connectivity index (χ1n) is 12.0. The number of benzene rings is 4. The third-order valence-electron chi connectivity index (χ3n) is 6.76. The van der Waals surface area contributed by atoms with Crippen molar-refractivity contribution in [3.63, 3.8) is 0 Å². The second-order valence-electron chi connectivity index (χ2n) is 8.70. The molecule has 0 fully saturated rings. The van der Waals surface area contributed by atoms with Crippen LogP contribution in [0.5, 0.6) is 0 Å². The highest BCUT2D eigenvalue weighted by atomic mass is 16.5. The van der Waals surface area contributed by atoms with Crippen molar-refractivity contribution in [1.29, 1.82) is 0 Å². The molecule has 0 radical (unpaired) electrons. The number of aryl methyl sites for hydroxylation is 4. The van der Waals surface area contributed by atoms with E-state index in [9.17, 15) is 9.59 Å². The van der Waals surface area contributed by atoms with E-state index in [0.29, 0.717) is 0 Å². The standard InChI is InChI=1S/C30H28O4/c1-3-33-29(31)27-17-25-21-13-11-19-9-10-20(24-8-6-5-7-23(19)24)12-14-22(16-15-21)26(25)18-28(27)30(32)34-4-2/h5-10,15-18H,3-4,11-14H2,1-2H3. The maximum absolute atomic E-state index is 12.8. The molecule has 0 spiro atoms. The summed E-state index contributed by atoms with van der Waals surface area (Å²) < 4.78 is 10.6. The number of ether oxygens (including phenoxy) is 2. The zero-order valence-electron chi connectivity index (χ0n) is 19.6. The van der Waals surface area contributed by atoms with Crippen LogP contribution < -0.4 is 0 Å². The molecule has 4 aromatic carbocycles. The number of fused-ring (bicyclic) bond motifs is 4. The average Bonchev–Trinajstić information content (AvgIpc) is 2.85. The van der Waals surface area contributed by atoms with Crippen LogP contribution in [0.4, 0.5) is 0 Å². The van der Waals surface area contributed by atoms with Crippen LogP contribution in [0.15, 0.2) is 60.7 Å². The van der Waals surface area contributed by atoms with Crippen LogP contribution in [0, 0.1) is 0 Å². The molecule has 0 aromatic heterocycles. The Kier molecular flexibility index (Phi) is 6.06. The number of esters is 2. The molecule has 4 bridgehead atoms. The minimum Gasteiger partial charge on any atom is -0.462 e. The van der Waals surface area contributed by atoms with E-state index in [1.54, 1.807) is 13.8 Å². The summed E-state index contributed by atoms with van der Waals surface area (Å²) in [7, 11) is 0. The van der Waals surface area contributed by atoms with Crippen molar-refractivity contribution < 1.29 is 19.1 Å². The highest BCUT2D eigenvalue weighted by molar-refractivity contribution is 6.08. The third kappa shape index (κ3) is 3.94. The van der Waals surface area contributed by atoms with Gasteiger partial charge in [0.25, 0.3) is 0 Å². The zero-order chi connectivity index (χ0) is 23.7. The molecule has 4 aromatic rings. The predicted octanol–water partition coefficient (Wildman–Crippen LogP) is 6.23. The number of carbonyl (C=O) groups excluding carboxylic acids is 2. The fraction of sp³-hybridized carbons (Fsp3) is 0.267. The number of rotatable bonds is 4. The van der Waals surface area contributed by atoms with E-state index in [1.165, 1.54) is 21.9 Å². The smallest absolute Gasteiger partial charge is 0.339 e. The Labute approximate surface area is 199 Å². The second kappa shape index (κ2) is 9.30. The summed E-state index contributed by atoms with van der Waals surface area (Å²) >= 11 is 0. The topological polar surface area (TPSA) is 52.6 Å². The van der Waals surface area contributed by atoms with E-state index < -0.39 is 11.9 Å². The van der Waals surface area contributed by atoms with Crippen LogP contribution in [0.25, 0.3) is 21.5 Å². The lowest BCUT2D eigenvalue weighted by atomic mass is 9.87. The van der Waals surface area contributed by atoms with E-state index in [0.717, 1.165) is 47.6 Å². The van der Waals surface area contributed by atoms with E-state index in [2.05, 4.69) is 48.5 Å². The van der Waals surface area contributed by atoms with Gasteiger partial charge in [-0.25, -0.2) is 9.59 Å². The highest BCUT2D eigenvalue weighted by Crippen LogP contribution is 2.32. The predicted molar refractivity (Wildman–Crippen MR) is 135 cm³/mol. The van der Waals surface area contributed by atoms with E-state index in [1.807, 2.05) is 12.1 Å². The molecule has 4 heteroatoms. The van der Waals surface area contributed by atoms with Gasteiger partial charge in [0.1, 0.15) is 0 Å². The molecule has 172 valence electrons. The van der Waals surface area contributed by atoms with E-state index in [4.69, 9.17) is 9.47 Å². The number of hydrogen-bond donors (Lipinski definition) is 0. The van der Waals surface area contributed by atoms with Crippen molar-refractivity contribution in [2.75, 3.05) is 13.2 Å². The van der Waals surface area contributed by atoms with Gasteiger partial charge in [0.2, 0.25) is 0 Å². The van der Waals surface area contributed by atoms with E-state index >= 15 is 0 Å². The van der Waals surface area contributed by atoms with Gasteiger partial charge in [-0.3, -0.25) is 0 Å². The Morgan fingerprint density at radius 3 is 1.29 bits per heavy atom. The Hall–Kier alpha value is -3.66. The molecule has 2 aliphatic carbocycles. The van der Waals surface area contributed by atoms with Gasteiger partial charge in [0.15, 0.2) is 0 Å². The van der Waals surface area contributed by atoms with Crippen LogP contribution >= 0.6 is 0 Å². The van der Waals surface area contributed by atoms with Gasteiger partial charge in [0.05, 0.1) is 24.3 Å². The van der Waals surface area contributed by atoms with Crippen molar-refractivity contribution in [2.45, 2.75) is 39.5 Å². The first kappa shape index (κ1) is 22.1. The Bertz CT molecular complexity index is 1310. The van der Waals surface area contributed by atoms with Gasteiger partial charge >= 0.3 is 11.9 Å². The molecule has 0 atom stereocenters. The molecule has 6 rings (SSSR count). The van der Waals surface area contributed by atoms with Gasteiger partial charge in [-0.1, -0.05) is 48.5 Å². The molecule has 34 heavy (non-hydrogen) atoms. The first-order chi connectivity index (χ1) is 16.6. The zero-order valence-corrected chi connectivity index (χ0v) is 19.6. The molecular formula is C30H28O4. The first-order valence-corrected chi connectivity index (χ1v) is 12.0. The molecule has 0 unspecified atom stereocenters. The number of carbonyl (C=O) groups is 2. The van der Waals surface area contributed by atoms with Crippen LogP contribution in [0.2, 0.25) is 0 Å². The summed E-state index contributed by atoms with van der Waals surface area (Å²) in [5.74, 6) is -0.989. The van der Waals surface area contributed by atoms with Crippen molar-refractivity contribution in [1.82, 2.24) is 0 Å². The van der Waals surface area contributed by atoms with Gasteiger partial charge < -0.3 is 9.47 Å². The average molecular weight is 453 g/mol. The summed E-state index contributed by atoms with van der Waals surface area (Å²) in [5, 5.41) is 4.65. The summed E-state index contributed by atoms with van der Waals surface area (Å²) in [6.07, 6.45) is 3.45. The normalized spacial score (nSPS) is 13.0. The van der Waals surface area contributed by atoms with E-state index in [-0.39, 0.29) is 24.3 Å². The lowest BCUT2D eigenvalue weighted by Crippen LogP contribution is -2.15. The van der Waals surface area contributed by atoms with Crippen molar-refractivity contribution >= 4 is 33.5 Å². The maximum atomic E-state index is 12.8. The molecule has 4 nitrogen and oxygen atoms in total. The summed E-state index contributed by atoms with van der Waals surface area (Å²) in [6, 6.07) is 21.2. The molecule has 0 heterocycles. The van der Waals surface area contributed by atoms with Gasteiger partial charge in [-0.15, -0.1) is 0 Å². The van der Waals surface area contributed by atoms with Crippen molar-refractivity contribution in [2.24, 2.45) is 0 Å². The third-order valence-corrected chi connectivity index (χ3v) is 6.76. The van der Waals surface area contributed by atoms with Crippen molar-refractivity contribution in [3.8, 4) is 0 Å². The molecule has 0 saturated carbocycles. The highest BCUT2D eigenvalue weighted by Gasteiger charge is 2.23. The molecule has 0 aliphatic heterocycles. The van der Waals surface area contributed by atoms with Crippen LogP contribution in [0.3, 0.4) is 0 Å². The lowest BCUT2D eigenvalue weighted by Gasteiger charge is -2.18. The van der Waals surface area contributed by atoms with Gasteiger partial charge in [0, 0.05) is 0 Å². The molecule has 2 aliphatic rings. The largest absolute Gasteiger partial charge is 0.462 e. The monoisotopic (exact) mass is 452 g/mol.